The summed E-state index contributed by atoms with van der Waals surface area (Å²) >= 11 is 0. The van der Waals surface area contributed by atoms with E-state index in [1.165, 1.54) is 6.42 Å². The van der Waals surface area contributed by atoms with E-state index in [2.05, 4.69) is 26.1 Å². The zero-order chi connectivity index (χ0) is 11.3. The summed E-state index contributed by atoms with van der Waals surface area (Å²) in [6.45, 7) is 8.14. The summed E-state index contributed by atoms with van der Waals surface area (Å²) in [6, 6.07) is 0.494. The van der Waals surface area contributed by atoms with Gasteiger partial charge in [0.15, 0.2) is 0 Å². The Morgan fingerprint density at radius 3 is 2.80 bits per heavy atom. The van der Waals surface area contributed by atoms with E-state index in [0.717, 1.165) is 32.4 Å². The van der Waals surface area contributed by atoms with Crippen LogP contribution in [0, 0.1) is 0 Å². The molecule has 0 bridgehead atoms. The molecule has 3 nitrogen and oxygen atoms in total. The molecule has 1 rings (SSSR count). The number of ether oxygens (including phenoxy) is 1. The average Bonchev–Trinajstić information content (AvgIpc) is 2.18. The second-order valence-corrected chi connectivity index (χ2v) is 5.02. The van der Waals surface area contributed by atoms with Gasteiger partial charge < -0.3 is 15.8 Å². The number of hydrogen-bond acceptors (Lipinski definition) is 3. The van der Waals surface area contributed by atoms with Crippen LogP contribution in [-0.2, 0) is 4.74 Å². The van der Waals surface area contributed by atoms with Gasteiger partial charge in [0.05, 0.1) is 6.10 Å². The molecule has 1 saturated heterocycles. The third kappa shape index (κ3) is 3.74. The van der Waals surface area contributed by atoms with Gasteiger partial charge in [0.25, 0.3) is 0 Å². The average molecular weight is 214 g/mol. The minimum atomic E-state index is 0.117. The number of nitrogens with one attached hydrogen (secondary N) is 1. The maximum atomic E-state index is 5.93. The Hall–Kier alpha value is -0.120. The fourth-order valence-corrected chi connectivity index (χ4v) is 2.51. The molecule has 0 radical (unpaired) electrons. The normalized spacial score (nSPS) is 32.2. The van der Waals surface area contributed by atoms with E-state index < -0.39 is 0 Å². The van der Waals surface area contributed by atoms with E-state index >= 15 is 0 Å². The summed E-state index contributed by atoms with van der Waals surface area (Å²) in [7, 11) is 0. The molecule has 15 heavy (non-hydrogen) atoms. The molecule has 0 amide bonds. The summed E-state index contributed by atoms with van der Waals surface area (Å²) in [5.41, 5.74) is 6.04. The molecule has 0 spiro atoms. The molecular formula is C12H26N2O. The number of rotatable bonds is 5. The van der Waals surface area contributed by atoms with Gasteiger partial charge in [0.2, 0.25) is 0 Å². The van der Waals surface area contributed by atoms with Crippen LogP contribution in [0.15, 0.2) is 0 Å². The maximum absolute atomic E-state index is 5.93. The van der Waals surface area contributed by atoms with Gasteiger partial charge in [0, 0.05) is 24.7 Å². The molecule has 3 heteroatoms. The highest BCUT2D eigenvalue weighted by Crippen LogP contribution is 2.26. The summed E-state index contributed by atoms with van der Waals surface area (Å²) in [4.78, 5) is 0. The van der Waals surface area contributed by atoms with Crippen molar-refractivity contribution in [1.29, 1.82) is 0 Å². The second-order valence-electron chi connectivity index (χ2n) is 5.02. The molecule has 90 valence electrons. The molecule has 0 saturated carbocycles. The zero-order valence-electron chi connectivity index (χ0n) is 10.4. The van der Waals surface area contributed by atoms with Crippen molar-refractivity contribution >= 4 is 0 Å². The van der Waals surface area contributed by atoms with Crippen molar-refractivity contribution in [3.8, 4) is 0 Å². The van der Waals surface area contributed by atoms with Crippen LogP contribution in [0.25, 0.3) is 0 Å². The van der Waals surface area contributed by atoms with Gasteiger partial charge in [-0.2, -0.15) is 0 Å². The van der Waals surface area contributed by atoms with Crippen LogP contribution in [-0.4, -0.2) is 30.8 Å². The standard InChI is InChI=1S/C12H26N2O/c1-4-5-11-8-12(9-13,6-7-15-11)14-10(2)3/h10-11,14H,4-9,13H2,1-3H3. The predicted molar refractivity (Wildman–Crippen MR) is 63.9 cm³/mol. The highest BCUT2D eigenvalue weighted by Gasteiger charge is 2.35. The fraction of sp³-hybridized carbons (Fsp3) is 1.00. The molecule has 1 heterocycles. The highest BCUT2D eigenvalue weighted by atomic mass is 16.5. The van der Waals surface area contributed by atoms with Gasteiger partial charge in [-0.3, -0.25) is 0 Å². The van der Waals surface area contributed by atoms with Gasteiger partial charge in [-0.1, -0.05) is 27.2 Å². The van der Waals surface area contributed by atoms with Gasteiger partial charge in [-0.15, -0.1) is 0 Å². The molecule has 3 N–H and O–H groups in total. The molecule has 0 aromatic carbocycles. The quantitative estimate of drug-likeness (QED) is 0.731. The van der Waals surface area contributed by atoms with Crippen LogP contribution < -0.4 is 11.1 Å². The van der Waals surface area contributed by atoms with E-state index in [0.29, 0.717) is 12.1 Å². The lowest BCUT2D eigenvalue weighted by molar-refractivity contribution is -0.0325. The molecule has 0 aliphatic carbocycles. The van der Waals surface area contributed by atoms with E-state index in [1.54, 1.807) is 0 Å². The number of hydrogen-bond donors (Lipinski definition) is 2. The first kappa shape index (κ1) is 12.9. The first-order chi connectivity index (χ1) is 7.12. The maximum Gasteiger partial charge on any atom is 0.0593 e. The van der Waals surface area contributed by atoms with E-state index in [-0.39, 0.29) is 5.54 Å². The Balaban J connectivity index is 2.55. The van der Waals surface area contributed by atoms with Crippen LogP contribution in [0.3, 0.4) is 0 Å². The Bertz CT molecular complexity index is 182. The van der Waals surface area contributed by atoms with E-state index in [1.807, 2.05) is 0 Å². The molecule has 0 aromatic heterocycles. The molecule has 1 fully saturated rings. The van der Waals surface area contributed by atoms with Crippen molar-refractivity contribution in [3.05, 3.63) is 0 Å². The molecule has 0 aromatic rings. The van der Waals surface area contributed by atoms with Crippen molar-refractivity contribution in [2.45, 2.75) is 64.1 Å². The Labute approximate surface area is 93.8 Å². The Kier molecular flexibility index (Phi) is 5.03. The van der Waals surface area contributed by atoms with Crippen molar-refractivity contribution in [1.82, 2.24) is 5.32 Å². The Morgan fingerprint density at radius 2 is 2.27 bits per heavy atom. The predicted octanol–water partition coefficient (Wildman–Crippen LogP) is 1.66. The van der Waals surface area contributed by atoms with Gasteiger partial charge >= 0.3 is 0 Å². The summed E-state index contributed by atoms with van der Waals surface area (Å²) in [5, 5.41) is 3.63. The molecular weight excluding hydrogens is 188 g/mol. The summed E-state index contributed by atoms with van der Waals surface area (Å²) < 4.78 is 5.76. The zero-order valence-corrected chi connectivity index (χ0v) is 10.4. The van der Waals surface area contributed by atoms with Crippen LogP contribution in [0.5, 0.6) is 0 Å². The second kappa shape index (κ2) is 5.83. The third-order valence-corrected chi connectivity index (χ3v) is 3.15. The molecule has 1 aliphatic rings. The third-order valence-electron chi connectivity index (χ3n) is 3.15. The van der Waals surface area contributed by atoms with Gasteiger partial charge in [-0.05, 0) is 19.3 Å². The lowest BCUT2D eigenvalue weighted by atomic mass is 9.84. The van der Waals surface area contributed by atoms with Crippen molar-refractivity contribution < 1.29 is 4.74 Å². The topological polar surface area (TPSA) is 47.3 Å². The van der Waals surface area contributed by atoms with Crippen molar-refractivity contribution in [2.75, 3.05) is 13.2 Å². The Morgan fingerprint density at radius 1 is 1.53 bits per heavy atom. The van der Waals surface area contributed by atoms with Crippen LogP contribution in [0.4, 0.5) is 0 Å². The molecule has 1 aliphatic heterocycles. The van der Waals surface area contributed by atoms with Crippen LogP contribution >= 0.6 is 0 Å². The first-order valence-corrected chi connectivity index (χ1v) is 6.21. The minimum Gasteiger partial charge on any atom is -0.378 e. The summed E-state index contributed by atoms with van der Waals surface area (Å²) in [5.74, 6) is 0. The van der Waals surface area contributed by atoms with Gasteiger partial charge in [0.1, 0.15) is 0 Å². The molecule has 2 atom stereocenters. The number of nitrogens with two attached hydrogens (primary N) is 1. The first-order valence-electron chi connectivity index (χ1n) is 6.21. The van der Waals surface area contributed by atoms with Gasteiger partial charge in [-0.25, -0.2) is 0 Å². The SMILES string of the molecule is CCCC1CC(CN)(NC(C)C)CCO1. The fourth-order valence-electron chi connectivity index (χ4n) is 2.51. The monoisotopic (exact) mass is 214 g/mol. The minimum absolute atomic E-state index is 0.117. The molecule has 2 unspecified atom stereocenters. The van der Waals surface area contributed by atoms with E-state index in [4.69, 9.17) is 10.5 Å². The lowest BCUT2D eigenvalue weighted by Crippen LogP contribution is -2.58. The smallest absolute Gasteiger partial charge is 0.0593 e. The van der Waals surface area contributed by atoms with Crippen LogP contribution in [0.1, 0.15) is 46.5 Å². The van der Waals surface area contributed by atoms with E-state index in [9.17, 15) is 0 Å². The van der Waals surface area contributed by atoms with Crippen molar-refractivity contribution in [2.24, 2.45) is 5.73 Å². The van der Waals surface area contributed by atoms with Crippen LogP contribution in [0.2, 0.25) is 0 Å². The highest BCUT2D eigenvalue weighted by molar-refractivity contribution is 4.95. The van der Waals surface area contributed by atoms with Crippen molar-refractivity contribution in [3.63, 3.8) is 0 Å². The largest absolute Gasteiger partial charge is 0.378 e. The summed E-state index contributed by atoms with van der Waals surface area (Å²) in [6.07, 6.45) is 4.85. The lowest BCUT2D eigenvalue weighted by Gasteiger charge is -2.42.